The largest absolute Gasteiger partial charge is 0.339 e. The molecule has 1 N–H and O–H groups in total. The number of benzene rings is 1. The van der Waals surface area contributed by atoms with Gasteiger partial charge in [-0.15, -0.1) is 6.42 Å². The maximum Gasteiger partial charge on any atom is 0.244 e. The van der Waals surface area contributed by atoms with E-state index in [4.69, 9.17) is 6.42 Å². The summed E-state index contributed by atoms with van der Waals surface area (Å²) >= 11 is 0. The molecule has 1 unspecified atom stereocenters. The van der Waals surface area contributed by atoms with E-state index >= 15 is 0 Å². The minimum absolute atomic E-state index is 0.174. The number of hydrogen-bond acceptors (Lipinski definition) is 1. The number of carbonyl (C=O) groups is 1. The van der Waals surface area contributed by atoms with Crippen LogP contribution in [0.1, 0.15) is 12.5 Å². The fourth-order valence-corrected chi connectivity index (χ4v) is 1.48. The van der Waals surface area contributed by atoms with Gasteiger partial charge in [-0.2, -0.15) is 0 Å². The SMILES string of the molecule is C#CC(Cc1ccccc1)NC(=O)/C=C/C=C/C. The zero-order chi connectivity index (χ0) is 13.2. The molecule has 0 aromatic heterocycles. The molecule has 0 aliphatic carbocycles. The van der Waals surface area contributed by atoms with Crippen LogP contribution in [0.3, 0.4) is 0 Å². The number of carbonyl (C=O) groups excluding carboxylic acids is 1. The van der Waals surface area contributed by atoms with Gasteiger partial charge in [0.25, 0.3) is 0 Å². The molecule has 18 heavy (non-hydrogen) atoms. The van der Waals surface area contributed by atoms with Crippen LogP contribution < -0.4 is 5.32 Å². The fraction of sp³-hybridized carbons (Fsp3) is 0.188. The number of amides is 1. The molecule has 0 bridgehead atoms. The summed E-state index contributed by atoms with van der Waals surface area (Å²) in [5.74, 6) is 2.41. The molecule has 0 aliphatic heterocycles. The predicted octanol–water partition coefficient (Wildman–Crippen LogP) is 2.48. The number of terminal acetylenes is 1. The fourth-order valence-electron chi connectivity index (χ4n) is 1.48. The third-order valence-electron chi connectivity index (χ3n) is 2.35. The van der Waals surface area contributed by atoms with E-state index < -0.39 is 0 Å². The first-order chi connectivity index (χ1) is 8.76. The summed E-state index contributed by atoms with van der Waals surface area (Å²) in [6.45, 7) is 1.89. The van der Waals surface area contributed by atoms with E-state index in [0.29, 0.717) is 6.42 Å². The Balaban J connectivity index is 2.53. The van der Waals surface area contributed by atoms with Crippen molar-refractivity contribution in [2.24, 2.45) is 0 Å². The molecule has 1 aromatic carbocycles. The maximum atomic E-state index is 11.6. The number of allylic oxidation sites excluding steroid dienone is 3. The van der Waals surface area contributed by atoms with Gasteiger partial charge in [0, 0.05) is 12.5 Å². The first kappa shape index (κ1) is 13.8. The van der Waals surface area contributed by atoms with Crippen LogP contribution in [-0.4, -0.2) is 11.9 Å². The van der Waals surface area contributed by atoms with Crippen molar-refractivity contribution in [2.45, 2.75) is 19.4 Å². The second kappa shape index (κ2) is 7.92. The summed E-state index contributed by atoms with van der Waals surface area (Å²) in [7, 11) is 0. The van der Waals surface area contributed by atoms with Crippen LogP contribution in [0, 0.1) is 12.3 Å². The lowest BCUT2D eigenvalue weighted by Crippen LogP contribution is -2.34. The van der Waals surface area contributed by atoms with E-state index in [-0.39, 0.29) is 11.9 Å². The van der Waals surface area contributed by atoms with E-state index in [1.54, 1.807) is 12.2 Å². The van der Waals surface area contributed by atoms with Crippen molar-refractivity contribution in [3.05, 3.63) is 60.2 Å². The average molecular weight is 239 g/mol. The third-order valence-corrected chi connectivity index (χ3v) is 2.35. The molecule has 1 atom stereocenters. The third kappa shape index (κ3) is 5.18. The molecule has 0 spiro atoms. The molecule has 0 aliphatic rings. The van der Waals surface area contributed by atoms with E-state index in [2.05, 4.69) is 11.2 Å². The molecule has 92 valence electrons. The lowest BCUT2D eigenvalue weighted by atomic mass is 10.1. The van der Waals surface area contributed by atoms with Gasteiger partial charge in [-0.1, -0.05) is 54.5 Å². The van der Waals surface area contributed by atoms with Gasteiger partial charge >= 0.3 is 0 Å². The van der Waals surface area contributed by atoms with E-state index in [9.17, 15) is 4.79 Å². The van der Waals surface area contributed by atoms with Gasteiger partial charge in [-0.25, -0.2) is 0 Å². The van der Waals surface area contributed by atoms with Crippen molar-refractivity contribution < 1.29 is 4.79 Å². The molecule has 1 rings (SSSR count). The molecule has 0 fully saturated rings. The molecule has 1 aromatic rings. The van der Waals surface area contributed by atoms with Crippen molar-refractivity contribution in [1.29, 1.82) is 0 Å². The van der Waals surface area contributed by atoms with Gasteiger partial charge in [0.1, 0.15) is 0 Å². The molecule has 0 saturated carbocycles. The molecule has 0 radical (unpaired) electrons. The monoisotopic (exact) mass is 239 g/mol. The highest BCUT2D eigenvalue weighted by Gasteiger charge is 2.07. The summed E-state index contributed by atoms with van der Waals surface area (Å²) < 4.78 is 0. The molecule has 2 heteroatoms. The lowest BCUT2D eigenvalue weighted by molar-refractivity contribution is -0.116. The molecule has 0 heterocycles. The van der Waals surface area contributed by atoms with Crippen LogP contribution in [0.5, 0.6) is 0 Å². The van der Waals surface area contributed by atoms with Crippen molar-refractivity contribution >= 4 is 5.91 Å². The Labute approximate surface area is 108 Å². The quantitative estimate of drug-likeness (QED) is 0.477. The highest BCUT2D eigenvalue weighted by molar-refractivity contribution is 5.88. The summed E-state index contributed by atoms with van der Waals surface area (Å²) in [5, 5.41) is 2.78. The zero-order valence-corrected chi connectivity index (χ0v) is 10.5. The van der Waals surface area contributed by atoms with Crippen LogP contribution >= 0.6 is 0 Å². The van der Waals surface area contributed by atoms with Crippen molar-refractivity contribution in [2.75, 3.05) is 0 Å². The molecular weight excluding hydrogens is 222 g/mol. The van der Waals surface area contributed by atoms with Gasteiger partial charge < -0.3 is 5.32 Å². The van der Waals surface area contributed by atoms with E-state index in [0.717, 1.165) is 5.56 Å². The van der Waals surface area contributed by atoms with Gasteiger partial charge in [0.2, 0.25) is 5.91 Å². The summed E-state index contributed by atoms with van der Waals surface area (Å²) in [5.41, 5.74) is 1.11. The molecule has 1 amide bonds. The normalized spacial score (nSPS) is 12.4. The van der Waals surface area contributed by atoms with Crippen molar-refractivity contribution in [1.82, 2.24) is 5.32 Å². The molecular formula is C16H17NO. The Hall–Kier alpha value is -2.27. The maximum absolute atomic E-state index is 11.6. The average Bonchev–Trinajstić information content (AvgIpc) is 2.39. The van der Waals surface area contributed by atoms with Crippen molar-refractivity contribution in [3.8, 4) is 12.3 Å². The van der Waals surface area contributed by atoms with E-state index in [1.807, 2.05) is 43.3 Å². The number of rotatable bonds is 5. The summed E-state index contributed by atoms with van der Waals surface area (Å²) in [6, 6.07) is 9.56. The Morgan fingerprint density at radius 1 is 1.39 bits per heavy atom. The Morgan fingerprint density at radius 2 is 2.11 bits per heavy atom. The highest BCUT2D eigenvalue weighted by Crippen LogP contribution is 2.02. The van der Waals surface area contributed by atoms with Crippen LogP contribution in [0.2, 0.25) is 0 Å². The topological polar surface area (TPSA) is 29.1 Å². The predicted molar refractivity (Wildman–Crippen MR) is 74.9 cm³/mol. The minimum atomic E-state index is -0.282. The van der Waals surface area contributed by atoms with Crippen LogP contribution in [0.25, 0.3) is 0 Å². The van der Waals surface area contributed by atoms with Crippen LogP contribution in [-0.2, 0) is 11.2 Å². The van der Waals surface area contributed by atoms with Gasteiger partial charge in [0.15, 0.2) is 0 Å². The second-order valence-electron chi connectivity index (χ2n) is 3.80. The minimum Gasteiger partial charge on any atom is -0.339 e. The van der Waals surface area contributed by atoms with Crippen LogP contribution in [0.15, 0.2) is 54.6 Å². The van der Waals surface area contributed by atoms with Gasteiger partial charge in [-0.05, 0) is 12.5 Å². The smallest absolute Gasteiger partial charge is 0.244 e. The summed E-state index contributed by atoms with van der Waals surface area (Å²) in [4.78, 5) is 11.6. The van der Waals surface area contributed by atoms with Crippen molar-refractivity contribution in [3.63, 3.8) is 0 Å². The first-order valence-electron chi connectivity index (χ1n) is 5.86. The Morgan fingerprint density at radius 3 is 2.72 bits per heavy atom. The first-order valence-corrected chi connectivity index (χ1v) is 5.86. The Kier molecular flexibility index (Phi) is 6.07. The van der Waals surface area contributed by atoms with Crippen LogP contribution in [0.4, 0.5) is 0 Å². The zero-order valence-electron chi connectivity index (χ0n) is 10.5. The number of hydrogen-bond donors (Lipinski definition) is 1. The number of nitrogens with one attached hydrogen (secondary N) is 1. The molecule has 0 saturated heterocycles. The second-order valence-corrected chi connectivity index (χ2v) is 3.80. The van der Waals surface area contributed by atoms with Gasteiger partial charge in [-0.3, -0.25) is 4.79 Å². The molecule has 2 nitrogen and oxygen atoms in total. The summed E-state index contributed by atoms with van der Waals surface area (Å²) in [6.07, 6.45) is 12.9. The lowest BCUT2D eigenvalue weighted by Gasteiger charge is -2.11. The standard InChI is InChI=1S/C16H17NO/c1-3-5-7-12-16(18)17-15(4-2)13-14-10-8-6-9-11-14/h2-3,5-12,15H,13H2,1H3,(H,17,18)/b5-3+,12-7+. The van der Waals surface area contributed by atoms with Gasteiger partial charge in [0.05, 0.1) is 6.04 Å². The van der Waals surface area contributed by atoms with E-state index in [1.165, 1.54) is 6.08 Å². The Bertz CT molecular complexity index is 466. The highest BCUT2D eigenvalue weighted by atomic mass is 16.1.